The van der Waals surface area contributed by atoms with Crippen molar-refractivity contribution in [3.63, 3.8) is 0 Å². The number of methoxy groups -OCH3 is 1. The zero-order chi connectivity index (χ0) is 28.7. The molecule has 3 heterocycles. The van der Waals surface area contributed by atoms with Gasteiger partial charge in [0.15, 0.2) is 5.65 Å². The first-order valence-electron chi connectivity index (χ1n) is 14.6. The monoisotopic (exact) mass is 552 g/mol. The Morgan fingerprint density at radius 1 is 1.00 bits per heavy atom. The second kappa shape index (κ2) is 11.3. The maximum absolute atomic E-state index is 13.0. The zero-order valence-electron chi connectivity index (χ0n) is 24.8. The Balaban J connectivity index is 1.22. The molecule has 2 fully saturated rings. The topological polar surface area (TPSA) is 77.6 Å². The highest BCUT2D eigenvalue weighted by Crippen LogP contribution is 2.34. The molecule has 1 saturated heterocycles. The van der Waals surface area contributed by atoms with Crippen LogP contribution in [0.5, 0.6) is 0 Å². The Morgan fingerprint density at radius 2 is 1.68 bits per heavy atom. The van der Waals surface area contributed by atoms with Gasteiger partial charge in [0.1, 0.15) is 0 Å². The van der Waals surface area contributed by atoms with Crippen molar-refractivity contribution in [1.29, 1.82) is 0 Å². The highest BCUT2D eigenvalue weighted by atomic mass is 16.5. The van der Waals surface area contributed by atoms with Gasteiger partial charge in [0.25, 0.3) is 5.91 Å². The van der Waals surface area contributed by atoms with Crippen molar-refractivity contribution in [3.05, 3.63) is 65.4 Å². The minimum Gasteiger partial charge on any atom is -0.381 e. The van der Waals surface area contributed by atoms with Crippen LogP contribution in [-0.2, 0) is 4.74 Å². The van der Waals surface area contributed by atoms with Crippen LogP contribution in [0.3, 0.4) is 0 Å². The molecule has 1 aliphatic carbocycles. The molecular weight excluding hydrogens is 512 g/mol. The lowest BCUT2D eigenvalue weighted by atomic mass is 9.82. The van der Waals surface area contributed by atoms with E-state index in [9.17, 15) is 4.79 Å². The van der Waals surface area contributed by atoms with Crippen molar-refractivity contribution in [2.75, 3.05) is 58.8 Å². The van der Waals surface area contributed by atoms with Crippen LogP contribution in [0.25, 0.3) is 33.4 Å². The van der Waals surface area contributed by atoms with E-state index in [-0.39, 0.29) is 5.91 Å². The number of benzene rings is 2. The maximum atomic E-state index is 13.0. The molecule has 0 bridgehead atoms. The van der Waals surface area contributed by atoms with Gasteiger partial charge in [-0.2, -0.15) is 0 Å². The van der Waals surface area contributed by atoms with E-state index in [1.54, 1.807) is 7.11 Å². The first-order chi connectivity index (χ1) is 19.8. The molecular formula is C33H40N6O2. The van der Waals surface area contributed by atoms with Crippen molar-refractivity contribution in [3.8, 4) is 22.4 Å². The highest BCUT2D eigenvalue weighted by Gasteiger charge is 2.31. The fourth-order valence-electron chi connectivity index (χ4n) is 6.43. The summed E-state index contributed by atoms with van der Waals surface area (Å²) in [5, 5.41) is 10.1. The molecule has 1 amide bonds. The van der Waals surface area contributed by atoms with Crippen LogP contribution in [0.2, 0.25) is 0 Å². The number of carbonyl (C=O) groups excluding carboxylic acids is 1. The van der Waals surface area contributed by atoms with Crippen molar-refractivity contribution in [2.45, 2.75) is 32.8 Å². The third kappa shape index (κ3) is 5.46. The van der Waals surface area contributed by atoms with Gasteiger partial charge in [-0.15, -0.1) is 10.2 Å². The van der Waals surface area contributed by atoms with Gasteiger partial charge in [0.05, 0.1) is 11.8 Å². The molecule has 4 aromatic rings. The van der Waals surface area contributed by atoms with E-state index in [1.807, 2.05) is 42.4 Å². The smallest absolute Gasteiger partial charge is 0.253 e. The summed E-state index contributed by atoms with van der Waals surface area (Å²) >= 11 is 0. The predicted molar refractivity (Wildman–Crippen MR) is 164 cm³/mol. The Morgan fingerprint density at radius 3 is 2.34 bits per heavy atom. The van der Waals surface area contributed by atoms with Crippen molar-refractivity contribution in [1.82, 2.24) is 25.0 Å². The van der Waals surface area contributed by atoms with E-state index in [0.717, 1.165) is 79.0 Å². The van der Waals surface area contributed by atoms with Crippen LogP contribution in [0.4, 0.5) is 5.69 Å². The highest BCUT2D eigenvalue weighted by molar-refractivity contribution is 5.97. The molecule has 2 aromatic carbocycles. The molecule has 8 nitrogen and oxygen atoms in total. The van der Waals surface area contributed by atoms with Gasteiger partial charge in [0, 0.05) is 80.8 Å². The predicted octanol–water partition coefficient (Wildman–Crippen LogP) is 5.16. The number of ether oxygens (including phenoxy) is 1. The number of hydrogen-bond acceptors (Lipinski definition) is 6. The largest absolute Gasteiger partial charge is 0.381 e. The number of carbonyl (C=O) groups is 1. The van der Waals surface area contributed by atoms with Crippen LogP contribution in [0.15, 0.2) is 48.7 Å². The van der Waals surface area contributed by atoms with E-state index >= 15 is 0 Å². The molecule has 0 radical (unpaired) electrons. The number of rotatable bonds is 7. The molecule has 2 aliphatic rings. The Labute approximate surface area is 242 Å². The number of nitrogens with zero attached hydrogens (tertiary/aromatic N) is 5. The number of nitrogens with one attached hydrogen (secondary N) is 1. The summed E-state index contributed by atoms with van der Waals surface area (Å²) in [5.74, 6) is 0.570. The molecule has 8 heteroatoms. The number of likely N-dealkylation sites (N-methyl/N-ethyl adjacent to an activating group) is 1. The quantitative estimate of drug-likeness (QED) is 0.341. The number of anilines is 1. The number of aryl methyl sites for hydroxylation is 2. The number of aromatic amines is 1. The lowest BCUT2D eigenvalue weighted by Gasteiger charge is -2.36. The second-order valence-corrected chi connectivity index (χ2v) is 11.9. The molecule has 0 unspecified atom stereocenters. The van der Waals surface area contributed by atoms with Crippen molar-refractivity contribution < 1.29 is 9.53 Å². The summed E-state index contributed by atoms with van der Waals surface area (Å²) in [5.41, 5.74) is 9.34. The Bertz CT molecular complexity index is 1520. The molecule has 2 aromatic heterocycles. The van der Waals surface area contributed by atoms with E-state index in [2.05, 4.69) is 64.1 Å². The lowest BCUT2D eigenvalue weighted by Crippen LogP contribution is -2.45. The molecule has 0 atom stereocenters. The van der Waals surface area contributed by atoms with E-state index < -0.39 is 0 Å². The average Bonchev–Trinajstić information content (AvgIpc) is 3.38. The summed E-state index contributed by atoms with van der Waals surface area (Å²) in [6, 6.07) is 14.5. The third-order valence-electron chi connectivity index (χ3n) is 8.89. The number of hydrogen-bond donors (Lipinski definition) is 1. The fourth-order valence-corrected chi connectivity index (χ4v) is 6.43. The van der Waals surface area contributed by atoms with Crippen molar-refractivity contribution >= 4 is 22.6 Å². The molecule has 1 N–H and O–H groups in total. The SMILES string of the molecule is COC1CC(CN(C)C(=O)c2ccc(-c3c[nH]c4nnc(-c5cc(C)c(N6CCN(C)CC6)c(C)c5)cc34)cc2)C1. The zero-order valence-corrected chi connectivity index (χ0v) is 24.8. The van der Waals surface area contributed by atoms with E-state index in [0.29, 0.717) is 17.6 Å². The van der Waals surface area contributed by atoms with Gasteiger partial charge in [-0.05, 0) is 86.7 Å². The first-order valence-corrected chi connectivity index (χ1v) is 14.6. The number of amides is 1. The Hall–Kier alpha value is -3.75. The summed E-state index contributed by atoms with van der Waals surface area (Å²) in [6.07, 6.45) is 4.37. The van der Waals surface area contributed by atoms with Gasteiger partial charge in [-0.1, -0.05) is 12.1 Å². The van der Waals surface area contributed by atoms with Crippen LogP contribution >= 0.6 is 0 Å². The standard InChI is InChI=1S/C33H40N6O2/c1-21-14-26(15-22(2)31(21)39-12-10-37(3)11-13-39)30-18-28-29(19-34-32(28)36-35-30)24-6-8-25(9-7-24)33(40)38(4)20-23-16-27(17-23)41-5/h6-9,14-15,18-19,23,27H,10-13,16-17,20H2,1-5H3,(H,34,36). The van der Waals surface area contributed by atoms with Gasteiger partial charge < -0.3 is 24.4 Å². The molecule has 1 saturated carbocycles. The van der Waals surface area contributed by atoms with E-state index in [1.165, 1.54) is 16.8 Å². The number of fused-ring (bicyclic) bond motifs is 1. The normalized spacial score (nSPS) is 19.4. The molecule has 1 aliphatic heterocycles. The molecule has 214 valence electrons. The molecule has 6 rings (SSSR count). The average molecular weight is 553 g/mol. The minimum atomic E-state index is 0.0512. The van der Waals surface area contributed by atoms with E-state index in [4.69, 9.17) is 4.74 Å². The fraction of sp³-hybridized carbons (Fsp3) is 0.424. The van der Waals surface area contributed by atoms with Gasteiger partial charge in [-0.25, -0.2) is 0 Å². The second-order valence-electron chi connectivity index (χ2n) is 11.9. The van der Waals surface area contributed by atoms with Gasteiger partial charge in [-0.3, -0.25) is 4.79 Å². The van der Waals surface area contributed by atoms with Crippen molar-refractivity contribution in [2.24, 2.45) is 5.92 Å². The van der Waals surface area contributed by atoms with Crippen LogP contribution in [0, 0.1) is 19.8 Å². The van der Waals surface area contributed by atoms with Gasteiger partial charge >= 0.3 is 0 Å². The summed E-state index contributed by atoms with van der Waals surface area (Å²) in [4.78, 5) is 23.0. The lowest BCUT2D eigenvalue weighted by molar-refractivity contribution is -0.00738. The van der Waals surface area contributed by atoms with Crippen LogP contribution in [0.1, 0.15) is 34.3 Å². The molecule has 41 heavy (non-hydrogen) atoms. The minimum absolute atomic E-state index is 0.0512. The number of aromatic nitrogens is 3. The first kappa shape index (κ1) is 27.4. The Kier molecular flexibility index (Phi) is 7.53. The maximum Gasteiger partial charge on any atom is 0.253 e. The van der Waals surface area contributed by atoms with Crippen LogP contribution in [-0.4, -0.2) is 90.9 Å². The molecule has 0 spiro atoms. The number of H-pyrrole nitrogens is 1. The summed E-state index contributed by atoms with van der Waals surface area (Å²) < 4.78 is 5.38. The number of piperazine rings is 1. The van der Waals surface area contributed by atoms with Crippen LogP contribution < -0.4 is 4.90 Å². The summed E-state index contributed by atoms with van der Waals surface area (Å²) in [7, 11) is 5.83. The summed E-state index contributed by atoms with van der Waals surface area (Å²) in [6.45, 7) is 9.42. The third-order valence-corrected chi connectivity index (χ3v) is 8.89. The van der Waals surface area contributed by atoms with Gasteiger partial charge in [0.2, 0.25) is 0 Å².